The Morgan fingerprint density at radius 2 is 0.806 bits per heavy atom. The first-order valence-electron chi connectivity index (χ1n) is 21.7. The van der Waals surface area contributed by atoms with Crippen molar-refractivity contribution in [1.29, 1.82) is 0 Å². The molecule has 1 spiro atoms. The maximum atomic E-state index is 6.29. The summed E-state index contributed by atoms with van der Waals surface area (Å²) in [7, 11) is 0. The average Bonchev–Trinajstić information content (AvgIpc) is 3.99. The van der Waals surface area contributed by atoms with Gasteiger partial charge in [0.2, 0.25) is 0 Å². The SMILES string of the molecule is c1cc(-c2ccc(-c3nc(-c4ccc5c(c4)oc4ccccc45)nc(-c4ccc5c(c4)oc4ccccc45)n3)cc2)cc(-c2ccc3c(c2)C2(CCCCC2)c2ccccc2-3)c1. The highest BCUT2D eigenvalue weighted by Gasteiger charge is 2.43. The normalized spacial score (nSPS) is 14.3. The van der Waals surface area contributed by atoms with Gasteiger partial charge in [0.05, 0.1) is 0 Å². The van der Waals surface area contributed by atoms with Gasteiger partial charge < -0.3 is 8.83 Å². The highest BCUT2D eigenvalue weighted by molar-refractivity contribution is 6.07. The van der Waals surface area contributed by atoms with Crippen LogP contribution in [0.3, 0.4) is 0 Å². The van der Waals surface area contributed by atoms with E-state index in [1.807, 2.05) is 48.5 Å². The van der Waals surface area contributed by atoms with E-state index in [4.69, 9.17) is 23.8 Å². The van der Waals surface area contributed by atoms with Crippen molar-refractivity contribution >= 4 is 43.9 Å². The van der Waals surface area contributed by atoms with Gasteiger partial charge in [0.15, 0.2) is 17.5 Å². The van der Waals surface area contributed by atoms with Crippen LogP contribution in [0, 0.1) is 0 Å². The van der Waals surface area contributed by atoms with Gasteiger partial charge in [0, 0.05) is 43.7 Å². The first kappa shape index (κ1) is 35.2. The van der Waals surface area contributed by atoms with E-state index in [1.165, 1.54) is 71.0 Å². The van der Waals surface area contributed by atoms with E-state index in [9.17, 15) is 0 Å². The third kappa shape index (κ3) is 5.51. The Balaban J connectivity index is 0.877. The van der Waals surface area contributed by atoms with E-state index in [1.54, 1.807) is 0 Å². The van der Waals surface area contributed by atoms with Gasteiger partial charge in [0.1, 0.15) is 22.3 Å². The summed E-state index contributed by atoms with van der Waals surface area (Å²) in [5.74, 6) is 1.73. The molecule has 2 aliphatic carbocycles. The van der Waals surface area contributed by atoms with Crippen LogP contribution in [0.1, 0.15) is 43.2 Å². The van der Waals surface area contributed by atoms with Gasteiger partial charge in [-0.3, -0.25) is 0 Å². The molecule has 3 aromatic heterocycles. The second kappa shape index (κ2) is 13.7. The Morgan fingerprint density at radius 3 is 1.47 bits per heavy atom. The van der Waals surface area contributed by atoms with Crippen LogP contribution < -0.4 is 0 Å². The lowest BCUT2D eigenvalue weighted by Crippen LogP contribution is -2.28. The maximum absolute atomic E-state index is 6.29. The summed E-state index contributed by atoms with van der Waals surface area (Å²) in [6, 6.07) is 62.5. The number of benzene rings is 8. The van der Waals surface area contributed by atoms with Crippen LogP contribution in [0.2, 0.25) is 0 Å². The lowest BCUT2D eigenvalue weighted by Gasteiger charge is -2.36. The van der Waals surface area contributed by atoms with Crippen molar-refractivity contribution in [3.8, 4) is 67.5 Å². The molecule has 1 fully saturated rings. The standard InChI is InChI=1S/C57H39N3O2/c1-8-29-57(30-9-1)48-16-5-2-13-42(48)43-26-23-39(32-49(43)57)38-12-10-11-37(31-38)35-19-21-36(22-20-35)54-58-55(40-24-27-46-44-14-3-6-17-50(44)61-52(46)33-40)60-56(59-54)41-25-28-47-45-15-4-7-18-51(45)62-53(47)34-41/h2-7,10-28,31-34H,1,8-9,29-30H2. The molecule has 5 heteroatoms. The zero-order valence-corrected chi connectivity index (χ0v) is 33.9. The number of hydrogen-bond donors (Lipinski definition) is 0. The zero-order valence-electron chi connectivity index (χ0n) is 33.9. The molecule has 0 atom stereocenters. The highest BCUT2D eigenvalue weighted by atomic mass is 16.3. The molecule has 13 rings (SSSR count). The number of para-hydroxylation sites is 2. The minimum Gasteiger partial charge on any atom is -0.456 e. The zero-order chi connectivity index (χ0) is 40.8. The van der Waals surface area contributed by atoms with E-state index in [0.29, 0.717) is 17.5 Å². The number of rotatable bonds is 5. The molecule has 0 N–H and O–H groups in total. The third-order valence-electron chi connectivity index (χ3n) is 13.6. The number of hydrogen-bond acceptors (Lipinski definition) is 5. The molecular formula is C57H39N3O2. The molecule has 0 aliphatic heterocycles. The molecule has 0 unspecified atom stereocenters. The van der Waals surface area contributed by atoms with Crippen molar-refractivity contribution in [3.63, 3.8) is 0 Å². The van der Waals surface area contributed by atoms with Gasteiger partial charge in [-0.25, -0.2) is 15.0 Å². The van der Waals surface area contributed by atoms with Crippen LogP contribution in [0.5, 0.6) is 0 Å². The fourth-order valence-electron chi connectivity index (χ4n) is 10.5. The number of furan rings is 2. The van der Waals surface area contributed by atoms with Crippen LogP contribution in [0.4, 0.5) is 0 Å². The molecule has 8 aromatic carbocycles. The Labute approximate surface area is 358 Å². The third-order valence-corrected chi connectivity index (χ3v) is 13.6. The largest absolute Gasteiger partial charge is 0.456 e. The fourth-order valence-corrected chi connectivity index (χ4v) is 10.5. The van der Waals surface area contributed by atoms with Crippen molar-refractivity contribution in [2.75, 3.05) is 0 Å². The minimum atomic E-state index is 0.128. The predicted octanol–water partition coefficient (Wildman–Crippen LogP) is 15.2. The maximum Gasteiger partial charge on any atom is 0.164 e. The lowest BCUT2D eigenvalue weighted by atomic mass is 9.67. The van der Waals surface area contributed by atoms with Crippen LogP contribution in [0.25, 0.3) is 111 Å². The van der Waals surface area contributed by atoms with Gasteiger partial charge >= 0.3 is 0 Å². The first-order valence-corrected chi connectivity index (χ1v) is 21.7. The summed E-state index contributed by atoms with van der Waals surface area (Å²) in [5.41, 5.74) is 16.7. The quantitative estimate of drug-likeness (QED) is 0.174. The molecule has 0 radical (unpaired) electrons. The van der Waals surface area contributed by atoms with E-state index < -0.39 is 0 Å². The molecule has 62 heavy (non-hydrogen) atoms. The van der Waals surface area contributed by atoms with Gasteiger partial charge in [-0.1, -0.05) is 147 Å². The molecule has 2 aliphatic rings. The Hall–Kier alpha value is -7.63. The molecule has 3 heterocycles. The smallest absolute Gasteiger partial charge is 0.164 e. The molecule has 294 valence electrons. The summed E-state index contributed by atoms with van der Waals surface area (Å²) in [4.78, 5) is 15.3. The number of aromatic nitrogens is 3. The van der Waals surface area contributed by atoms with E-state index >= 15 is 0 Å². The summed E-state index contributed by atoms with van der Waals surface area (Å²) >= 11 is 0. The topological polar surface area (TPSA) is 65.0 Å². The first-order chi connectivity index (χ1) is 30.6. The monoisotopic (exact) mass is 797 g/mol. The predicted molar refractivity (Wildman–Crippen MR) is 251 cm³/mol. The van der Waals surface area contributed by atoms with Crippen LogP contribution in [-0.4, -0.2) is 15.0 Å². The number of nitrogens with zero attached hydrogens (tertiary/aromatic N) is 3. The molecule has 5 nitrogen and oxygen atoms in total. The van der Waals surface area contributed by atoms with Gasteiger partial charge in [-0.15, -0.1) is 0 Å². The highest BCUT2D eigenvalue weighted by Crippen LogP contribution is 2.56. The van der Waals surface area contributed by atoms with Crippen LogP contribution in [-0.2, 0) is 5.41 Å². The van der Waals surface area contributed by atoms with Crippen LogP contribution in [0.15, 0.2) is 185 Å². The van der Waals surface area contributed by atoms with Crippen LogP contribution >= 0.6 is 0 Å². The van der Waals surface area contributed by atoms with Crippen molar-refractivity contribution in [2.24, 2.45) is 0 Å². The lowest BCUT2D eigenvalue weighted by molar-refractivity contribution is 0.353. The van der Waals surface area contributed by atoms with Crippen molar-refractivity contribution in [1.82, 2.24) is 15.0 Å². The Morgan fingerprint density at radius 1 is 0.323 bits per heavy atom. The van der Waals surface area contributed by atoms with E-state index in [-0.39, 0.29) is 5.41 Å². The van der Waals surface area contributed by atoms with Gasteiger partial charge in [-0.2, -0.15) is 0 Å². The average molecular weight is 798 g/mol. The second-order valence-corrected chi connectivity index (χ2v) is 17.0. The molecule has 0 amide bonds. The Bertz CT molecular complexity index is 3440. The second-order valence-electron chi connectivity index (χ2n) is 17.0. The molecule has 0 saturated heterocycles. The van der Waals surface area contributed by atoms with Gasteiger partial charge in [0.25, 0.3) is 0 Å². The van der Waals surface area contributed by atoms with Crippen molar-refractivity contribution in [2.45, 2.75) is 37.5 Å². The molecule has 0 bridgehead atoms. The summed E-state index contributed by atoms with van der Waals surface area (Å²) < 4.78 is 12.6. The fraction of sp³-hybridized carbons (Fsp3) is 0.105. The van der Waals surface area contributed by atoms with E-state index in [0.717, 1.165) is 66.1 Å². The number of fused-ring (bicyclic) bond motifs is 11. The summed E-state index contributed by atoms with van der Waals surface area (Å²) in [5, 5.41) is 4.29. The summed E-state index contributed by atoms with van der Waals surface area (Å²) in [6.45, 7) is 0. The van der Waals surface area contributed by atoms with E-state index in [2.05, 4.69) is 127 Å². The molecule has 11 aromatic rings. The van der Waals surface area contributed by atoms with Crippen molar-refractivity contribution in [3.05, 3.63) is 187 Å². The van der Waals surface area contributed by atoms with Gasteiger partial charge in [-0.05, 0) is 106 Å². The Kier molecular flexibility index (Phi) is 7.77. The molecular weight excluding hydrogens is 759 g/mol. The minimum absolute atomic E-state index is 0.128. The molecule has 1 saturated carbocycles. The summed E-state index contributed by atoms with van der Waals surface area (Å²) in [6.07, 6.45) is 6.35. The van der Waals surface area contributed by atoms with Crippen molar-refractivity contribution < 1.29 is 8.83 Å².